The van der Waals surface area contributed by atoms with Gasteiger partial charge in [0.15, 0.2) is 11.6 Å². The Hall–Kier alpha value is -2.71. The van der Waals surface area contributed by atoms with E-state index in [1.807, 2.05) is 35.8 Å². The Kier molecular flexibility index (Phi) is 3.10. The number of rotatable bonds is 4. The highest BCUT2D eigenvalue weighted by Gasteiger charge is 2.18. The lowest BCUT2D eigenvalue weighted by molar-refractivity contribution is 0.212. The maximum atomic E-state index is 10.5. The van der Waals surface area contributed by atoms with Crippen LogP contribution in [0.3, 0.4) is 0 Å². The van der Waals surface area contributed by atoms with E-state index in [-0.39, 0.29) is 0 Å². The second kappa shape index (κ2) is 5.24. The van der Waals surface area contributed by atoms with Crippen LogP contribution >= 0.6 is 11.3 Å². The molecule has 0 saturated carbocycles. The number of nitrogens with zero attached hydrogens (tertiary/aromatic N) is 4. The molecular weight excluding hydrogens is 300 g/mol. The average molecular weight is 312 g/mol. The number of aromatic nitrogens is 5. The van der Waals surface area contributed by atoms with E-state index in [2.05, 4.69) is 25.6 Å². The number of H-pyrrole nitrogens is 1. The molecule has 4 aromatic heterocycles. The Morgan fingerprint density at radius 1 is 1.27 bits per heavy atom. The molecule has 3 N–H and O–H groups in total. The molecule has 4 heterocycles. The highest BCUT2D eigenvalue weighted by atomic mass is 32.1. The van der Waals surface area contributed by atoms with E-state index in [0.717, 1.165) is 16.2 Å². The first kappa shape index (κ1) is 13.0. The van der Waals surface area contributed by atoms with Gasteiger partial charge in [-0.05, 0) is 23.6 Å². The molecule has 0 aliphatic carbocycles. The van der Waals surface area contributed by atoms with Crippen molar-refractivity contribution in [3.8, 4) is 0 Å². The van der Waals surface area contributed by atoms with E-state index in [4.69, 9.17) is 0 Å². The van der Waals surface area contributed by atoms with Crippen molar-refractivity contribution in [2.24, 2.45) is 0 Å². The Labute approximate surface area is 129 Å². The lowest BCUT2D eigenvalue weighted by Gasteiger charge is -2.11. The number of hydrogen-bond acceptors (Lipinski definition) is 6. The smallest absolute Gasteiger partial charge is 0.185 e. The van der Waals surface area contributed by atoms with Crippen LogP contribution in [0, 0.1) is 0 Å². The molecule has 110 valence electrons. The van der Waals surface area contributed by atoms with Gasteiger partial charge in [-0.25, -0.2) is 9.50 Å². The zero-order valence-electron chi connectivity index (χ0n) is 11.3. The van der Waals surface area contributed by atoms with Crippen molar-refractivity contribution >= 4 is 28.5 Å². The Bertz CT molecular complexity index is 884. The van der Waals surface area contributed by atoms with E-state index >= 15 is 0 Å². The van der Waals surface area contributed by atoms with E-state index in [0.29, 0.717) is 11.6 Å². The van der Waals surface area contributed by atoms with Crippen LogP contribution in [0.5, 0.6) is 0 Å². The fourth-order valence-electron chi connectivity index (χ4n) is 2.19. The van der Waals surface area contributed by atoms with Gasteiger partial charge in [0.2, 0.25) is 0 Å². The number of thiophene rings is 1. The largest absolute Gasteiger partial charge is 0.379 e. The summed E-state index contributed by atoms with van der Waals surface area (Å²) in [6.45, 7) is 0. The molecule has 7 nitrogen and oxygen atoms in total. The van der Waals surface area contributed by atoms with Crippen molar-refractivity contribution in [1.82, 2.24) is 24.8 Å². The number of aliphatic hydroxyl groups excluding tert-OH is 1. The molecule has 0 aliphatic heterocycles. The monoisotopic (exact) mass is 312 g/mol. The predicted octanol–water partition coefficient (Wildman–Crippen LogP) is 2.34. The first-order chi connectivity index (χ1) is 10.8. The van der Waals surface area contributed by atoms with Gasteiger partial charge in [0, 0.05) is 17.1 Å². The second-order valence-corrected chi connectivity index (χ2v) is 5.65. The standard InChI is InChI=1S/C14H12N6OS/c21-12(10-4-2-8-22-10)14-17-13(16-11-5-6-15-18-11)9-3-1-7-20(9)19-14/h1-8,12,21H,(H2,15,16,17,18,19). The highest BCUT2D eigenvalue weighted by Crippen LogP contribution is 2.26. The van der Waals surface area contributed by atoms with Gasteiger partial charge in [-0.15, -0.1) is 16.4 Å². The zero-order valence-corrected chi connectivity index (χ0v) is 12.2. The van der Waals surface area contributed by atoms with E-state index in [9.17, 15) is 5.11 Å². The van der Waals surface area contributed by atoms with Crippen molar-refractivity contribution in [3.63, 3.8) is 0 Å². The Balaban J connectivity index is 1.79. The van der Waals surface area contributed by atoms with Crippen LogP contribution in [0.4, 0.5) is 11.6 Å². The summed E-state index contributed by atoms with van der Waals surface area (Å²) in [7, 11) is 0. The van der Waals surface area contributed by atoms with Gasteiger partial charge in [-0.2, -0.15) is 5.10 Å². The van der Waals surface area contributed by atoms with Gasteiger partial charge in [-0.3, -0.25) is 5.10 Å². The summed E-state index contributed by atoms with van der Waals surface area (Å²) in [6, 6.07) is 9.34. The van der Waals surface area contributed by atoms with Crippen molar-refractivity contribution in [2.45, 2.75) is 6.10 Å². The van der Waals surface area contributed by atoms with Gasteiger partial charge in [0.1, 0.15) is 17.4 Å². The Morgan fingerprint density at radius 3 is 3.00 bits per heavy atom. The fourth-order valence-corrected chi connectivity index (χ4v) is 2.89. The second-order valence-electron chi connectivity index (χ2n) is 4.67. The average Bonchev–Trinajstić information content (AvgIpc) is 3.27. The van der Waals surface area contributed by atoms with Crippen LogP contribution in [0.15, 0.2) is 48.1 Å². The van der Waals surface area contributed by atoms with Crippen molar-refractivity contribution in [2.75, 3.05) is 5.32 Å². The first-order valence-electron chi connectivity index (χ1n) is 6.64. The quantitative estimate of drug-likeness (QED) is 0.538. The number of hydrogen-bond donors (Lipinski definition) is 3. The minimum absolute atomic E-state index is 0.341. The SMILES string of the molecule is OC(c1nc(Nc2ccn[nH]2)c2cccn2n1)c1cccs1. The summed E-state index contributed by atoms with van der Waals surface area (Å²) in [5, 5.41) is 26.6. The molecule has 1 atom stereocenters. The summed E-state index contributed by atoms with van der Waals surface area (Å²) in [6.07, 6.45) is 2.62. The Morgan fingerprint density at radius 2 is 2.23 bits per heavy atom. The normalized spacial score (nSPS) is 12.6. The predicted molar refractivity (Wildman–Crippen MR) is 83.2 cm³/mol. The molecule has 0 saturated heterocycles. The maximum absolute atomic E-state index is 10.5. The van der Waals surface area contributed by atoms with Gasteiger partial charge < -0.3 is 10.4 Å². The van der Waals surface area contributed by atoms with Crippen LogP contribution in [0.25, 0.3) is 5.52 Å². The summed E-state index contributed by atoms with van der Waals surface area (Å²) in [4.78, 5) is 5.27. The number of anilines is 2. The van der Waals surface area contributed by atoms with Crippen LogP contribution in [-0.4, -0.2) is 29.9 Å². The molecule has 0 aromatic carbocycles. The number of fused-ring (bicyclic) bond motifs is 1. The van der Waals surface area contributed by atoms with Crippen molar-refractivity contribution < 1.29 is 5.11 Å². The first-order valence-corrected chi connectivity index (χ1v) is 7.52. The lowest BCUT2D eigenvalue weighted by atomic mass is 10.3. The molecule has 1 unspecified atom stereocenters. The minimum atomic E-state index is -0.853. The summed E-state index contributed by atoms with van der Waals surface area (Å²) < 4.78 is 1.69. The third kappa shape index (κ3) is 2.24. The third-order valence-electron chi connectivity index (χ3n) is 3.22. The van der Waals surface area contributed by atoms with Gasteiger partial charge in [0.05, 0.1) is 6.20 Å². The van der Waals surface area contributed by atoms with E-state index in [1.54, 1.807) is 16.8 Å². The minimum Gasteiger partial charge on any atom is -0.379 e. The molecule has 0 radical (unpaired) electrons. The number of aromatic amines is 1. The van der Waals surface area contributed by atoms with Gasteiger partial charge >= 0.3 is 0 Å². The summed E-state index contributed by atoms with van der Waals surface area (Å²) >= 11 is 1.47. The fraction of sp³-hybridized carbons (Fsp3) is 0.0714. The molecule has 0 aliphatic rings. The van der Waals surface area contributed by atoms with E-state index in [1.165, 1.54) is 11.3 Å². The zero-order chi connectivity index (χ0) is 14.9. The summed E-state index contributed by atoms with van der Waals surface area (Å²) in [5.74, 6) is 1.67. The molecule has 8 heteroatoms. The van der Waals surface area contributed by atoms with Gasteiger partial charge in [-0.1, -0.05) is 6.07 Å². The van der Waals surface area contributed by atoms with Crippen LogP contribution in [0.1, 0.15) is 16.8 Å². The van der Waals surface area contributed by atoms with Crippen LogP contribution < -0.4 is 5.32 Å². The molecule has 22 heavy (non-hydrogen) atoms. The number of nitrogens with one attached hydrogen (secondary N) is 2. The lowest BCUT2D eigenvalue weighted by Crippen LogP contribution is -2.10. The van der Waals surface area contributed by atoms with Crippen LogP contribution in [-0.2, 0) is 0 Å². The molecule has 4 rings (SSSR count). The van der Waals surface area contributed by atoms with Gasteiger partial charge in [0.25, 0.3) is 0 Å². The molecule has 4 aromatic rings. The highest BCUT2D eigenvalue weighted by molar-refractivity contribution is 7.10. The molecule has 0 spiro atoms. The molecular formula is C14H12N6OS. The third-order valence-corrected chi connectivity index (χ3v) is 4.14. The molecule has 0 fully saturated rings. The summed E-state index contributed by atoms with van der Waals surface area (Å²) in [5.41, 5.74) is 0.816. The van der Waals surface area contributed by atoms with Crippen molar-refractivity contribution in [1.29, 1.82) is 0 Å². The van der Waals surface area contributed by atoms with Crippen LogP contribution in [0.2, 0.25) is 0 Å². The van der Waals surface area contributed by atoms with E-state index < -0.39 is 6.10 Å². The number of aliphatic hydroxyl groups is 1. The maximum Gasteiger partial charge on any atom is 0.185 e. The molecule has 0 amide bonds. The van der Waals surface area contributed by atoms with Crippen molar-refractivity contribution in [3.05, 3.63) is 58.8 Å². The molecule has 0 bridgehead atoms. The topological polar surface area (TPSA) is 91.1 Å².